The van der Waals surface area contributed by atoms with Gasteiger partial charge >= 0.3 is 0 Å². The molecule has 0 fully saturated rings. The Morgan fingerprint density at radius 2 is 2.36 bits per heavy atom. The van der Waals surface area contributed by atoms with Crippen LogP contribution in [0.2, 0.25) is 0 Å². The molecule has 11 heavy (non-hydrogen) atoms. The van der Waals surface area contributed by atoms with Gasteiger partial charge in [-0.1, -0.05) is 6.07 Å². The molecule has 2 aromatic heterocycles. The summed E-state index contributed by atoms with van der Waals surface area (Å²) in [5.41, 5.74) is 1.51. The second kappa shape index (κ2) is 2.32. The Morgan fingerprint density at radius 3 is 3.18 bits per heavy atom. The second-order valence-electron chi connectivity index (χ2n) is 2.21. The van der Waals surface area contributed by atoms with E-state index in [0.29, 0.717) is 0 Å². The molecule has 0 aliphatic rings. The molecule has 0 unspecified atom stereocenters. The first-order valence-electron chi connectivity index (χ1n) is 3.30. The van der Waals surface area contributed by atoms with Gasteiger partial charge in [0, 0.05) is 0 Å². The summed E-state index contributed by atoms with van der Waals surface area (Å²) < 4.78 is 1.61. The van der Waals surface area contributed by atoms with E-state index in [1.54, 1.807) is 4.52 Å². The van der Waals surface area contributed by atoms with Crippen molar-refractivity contribution in [2.45, 2.75) is 6.61 Å². The molecule has 1 N–H and O–H groups in total. The average Bonchev–Trinajstić information content (AvgIpc) is 2.50. The average molecular weight is 149 g/mol. The molecule has 0 aromatic carbocycles. The molecule has 0 saturated heterocycles. The van der Waals surface area contributed by atoms with Crippen LogP contribution in [0.5, 0.6) is 0 Å². The molecule has 0 bridgehead atoms. The molecule has 56 valence electrons. The topological polar surface area (TPSA) is 50.4 Å². The largest absolute Gasteiger partial charge is 0.390 e. The molecule has 4 heteroatoms. The van der Waals surface area contributed by atoms with Gasteiger partial charge in [0.05, 0.1) is 12.3 Å². The standard InChI is InChI=1S/C7H7N3O/c11-4-6-2-1-3-7-8-5-9-10(6)7/h1-3,5,11H,4H2. The van der Waals surface area contributed by atoms with Crippen LogP contribution in [-0.4, -0.2) is 19.7 Å². The highest BCUT2D eigenvalue weighted by atomic mass is 16.3. The summed E-state index contributed by atoms with van der Waals surface area (Å²) in [6.07, 6.45) is 1.47. The number of aliphatic hydroxyl groups excluding tert-OH is 1. The van der Waals surface area contributed by atoms with Crippen LogP contribution < -0.4 is 0 Å². The van der Waals surface area contributed by atoms with E-state index in [2.05, 4.69) is 10.1 Å². The molecule has 0 atom stereocenters. The number of hydrogen-bond donors (Lipinski definition) is 1. The molecule has 4 nitrogen and oxygen atoms in total. The number of nitrogens with zero attached hydrogens (tertiary/aromatic N) is 3. The van der Waals surface area contributed by atoms with Gasteiger partial charge in [-0.25, -0.2) is 9.50 Å². The first-order chi connectivity index (χ1) is 5.42. The predicted molar refractivity (Wildman–Crippen MR) is 38.9 cm³/mol. The molecule has 0 amide bonds. The number of pyridine rings is 1. The van der Waals surface area contributed by atoms with Gasteiger partial charge in [-0.3, -0.25) is 0 Å². The summed E-state index contributed by atoms with van der Waals surface area (Å²) in [4.78, 5) is 3.97. The molecule has 2 rings (SSSR count). The first kappa shape index (κ1) is 6.30. The van der Waals surface area contributed by atoms with E-state index in [-0.39, 0.29) is 6.61 Å². The molecule has 0 radical (unpaired) electrons. The fourth-order valence-electron chi connectivity index (χ4n) is 1.02. The summed E-state index contributed by atoms with van der Waals surface area (Å²) in [7, 11) is 0. The summed E-state index contributed by atoms with van der Waals surface area (Å²) in [6, 6.07) is 5.49. The van der Waals surface area contributed by atoms with Crippen LogP contribution in [0, 0.1) is 0 Å². The van der Waals surface area contributed by atoms with Crippen LogP contribution in [-0.2, 0) is 6.61 Å². The minimum absolute atomic E-state index is 0.0132. The smallest absolute Gasteiger partial charge is 0.155 e. The Bertz CT molecular complexity index is 368. The van der Waals surface area contributed by atoms with Gasteiger partial charge in [0.25, 0.3) is 0 Å². The van der Waals surface area contributed by atoms with Gasteiger partial charge in [-0.15, -0.1) is 0 Å². The van der Waals surface area contributed by atoms with Crippen LogP contribution in [0.4, 0.5) is 0 Å². The van der Waals surface area contributed by atoms with Crippen LogP contribution in [0.1, 0.15) is 5.69 Å². The van der Waals surface area contributed by atoms with Crippen LogP contribution in [0.3, 0.4) is 0 Å². The molecule has 0 aliphatic carbocycles. The van der Waals surface area contributed by atoms with E-state index in [9.17, 15) is 0 Å². The van der Waals surface area contributed by atoms with Gasteiger partial charge < -0.3 is 5.11 Å². The van der Waals surface area contributed by atoms with E-state index in [1.165, 1.54) is 6.33 Å². The van der Waals surface area contributed by atoms with Gasteiger partial charge in [0.1, 0.15) is 6.33 Å². The Labute approximate surface area is 63.1 Å². The minimum atomic E-state index is -0.0132. The molecule has 0 spiro atoms. The minimum Gasteiger partial charge on any atom is -0.390 e. The zero-order valence-electron chi connectivity index (χ0n) is 5.81. The van der Waals surface area contributed by atoms with Crippen molar-refractivity contribution < 1.29 is 5.11 Å². The summed E-state index contributed by atoms with van der Waals surface area (Å²) >= 11 is 0. The molecule has 0 saturated carbocycles. The van der Waals surface area contributed by atoms with Crippen molar-refractivity contribution in [1.82, 2.24) is 14.6 Å². The Hall–Kier alpha value is -1.42. The number of aliphatic hydroxyl groups is 1. The summed E-state index contributed by atoms with van der Waals surface area (Å²) in [6.45, 7) is -0.0132. The van der Waals surface area contributed by atoms with Crippen molar-refractivity contribution in [3.05, 3.63) is 30.2 Å². The van der Waals surface area contributed by atoms with Crippen molar-refractivity contribution >= 4 is 5.65 Å². The lowest BCUT2D eigenvalue weighted by Gasteiger charge is -1.97. The fraction of sp³-hybridized carbons (Fsp3) is 0.143. The van der Waals surface area contributed by atoms with Gasteiger partial charge in [-0.05, 0) is 12.1 Å². The Morgan fingerprint density at radius 1 is 1.45 bits per heavy atom. The lowest BCUT2D eigenvalue weighted by atomic mass is 10.4. The van der Waals surface area contributed by atoms with Gasteiger partial charge in [0.2, 0.25) is 0 Å². The highest BCUT2D eigenvalue weighted by Gasteiger charge is 1.98. The van der Waals surface area contributed by atoms with Crippen molar-refractivity contribution in [3.63, 3.8) is 0 Å². The second-order valence-corrected chi connectivity index (χ2v) is 2.21. The molecule has 0 aliphatic heterocycles. The normalized spacial score (nSPS) is 10.6. The quantitative estimate of drug-likeness (QED) is 0.631. The number of rotatable bonds is 1. The third-order valence-electron chi connectivity index (χ3n) is 1.54. The fourth-order valence-corrected chi connectivity index (χ4v) is 1.02. The molecule has 2 heterocycles. The molecular weight excluding hydrogens is 142 g/mol. The SMILES string of the molecule is OCc1cccc2ncnn12. The van der Waals surface area contributed by atoms with Crippen molar-refractivity contribution in [2.24, 2.45) is 0 Å². The van der Waals surface area contributed by atoms with Gasteiger partial charge in [0.15, 0.2) is 5.65 Å². The number of aromatic nitrogens is 3. The van der Waals surface area contributed by atoms with E-state index < -0.39 is 0 Å². The van der Waals surface area contributed by atoms with E-state index in [4.69, 9.17) is 5.11 Å². The first-order valence-corrected chi connectivity index (χ1v) is 3.30. The third kappa shape index (κ3) is 0.877. The van der Waals surface area contributed by atoms with Crippen LogP contribution in [0.15, 0.2) is 24.5 Å². The number of fused-ring (bicyclic) bond motifs is 1. The van der Waals surface area contributed by atoms with Crippen molar-refractivity contribution in [1.29, 1.82) is 0 Å². The van der Waals surface area contributed by atoms with Crippen molar-refractivity contribution in [3.8, 4) is 0 Å². The van der Waals surface area contributed by atoms with Gasteiger partial charge in [-0.2, -0.15) is 5.10 Å². The van der Waals surface area contributed by atoms with Crippen LogP contribution in [0.25, 0.3) is 5.65 Å². The Balaban J connectivity index is 2.79. The van der Waals surface area contributed by atoms with Crippen molar-refractivity contribution in [2.75, 3.05) is 0 Å². The highest BCUT2D eigenvalue weighted by Crippen LogP contribution is 2.02. The summed E-state index contributed by atoms with van der Waals surface area (Å²) in [5.74, 6) is 0. The van der Waals surface area contributed by atoms with E-state index >= 15 is 0 Å². The highest BCUT2D eigenvalue weighted by molar-refractivity contribution is 5.37. The lowest BCUT2D eigenvalue weighted by Crippen LogP contribution is -1.96. The molecular formula is C7H7N3O. The third-order valence-corrected chi connectivity index (χ3v) is 1.54. The van der Waals surface area contributed by atoms with E-state index in [0.717, 1.165) is 11.3 Å². The molecule has 2 aromatic rings. The maximum atomic E-state index is 8.87. The summed E-state index contributed by atoms with van der Waals surface area (Å²) in [5, 5.41) is 12.8. The monoisotopic (exact) mass is 149 g/mol. The van der Waals surface area contributed by atoms with Crippen LogP contribution >= 0.6 is 0 Å². The zero-order chi connectivity index (χ0) is 7.68. The predicted octanol–water partition coefficient (Wildman–Crippen LogP) is 0.222. The Kier molecular flexibility index (Phi) is 1.33. The number of hydrogen-bond acceptors (Lipinski definition) is 3. The zero-order valence-corrected chi connectivity index (χ0v) is 5.81. The maximum Gasteiger partial charge on any atom is 0.155 e. The lowest BCUT2D eigenvalue weighted by molar-refractivity contribution is 0.273. The van der Waals surface area contributed by atoms with E-state index in [1.807, 2.05) is 18.2 Å². The maximum absolute atomic E-state index is 8.87.